The van der Waals surface area contributed by atoms with E-state index >= 15 is 0 Å². The summed E-state index contributed by atoms with van der Waals surface area (Å²) in [6.45, 7) is 2.67. The summed E-state index contributed by atoms with van der Waals surface area (Å²) < 4.78 is 0. The number of rotatable bonds is 7. The maximum Gasteiger partial charge on any atom is 0.337 e. The Labute approximate surface area is 205 Å². The smallest absolute Gasteiger partial charge is 0.337 e. The molecule has 3 rings (SSSR count). The summed E-state index contributed by atoms with van der Waals surface area (Å²) in [4.78, 5) is 47.9. The first kappa shape index (κ1) is 25.3. The van der Waals surface area contributed by atoms with Crippen LogP contribution >= 0.6 is 0 Å². The van der Waals surface area contributed by atoms with E-state index in [9.17, 15) is 29.4 Å². The van der Waals surface area contributed by atoms with E-state index < -0.39 is 23.3 Å². The van der Waals surface area contributed by atoms with Crippen molar-refractivity contribution in [2.45, 2.75) is 13.8 Å². The van der Waals surface area contributed by atoms with Gasteiger partial charge in [0.05, 0.1) is 22.9 Å². The Morgan fingerprint density at radius 3 is 2.11 bits per heavy atom. The molecule has 10 nitrogen and oxygen atoms in total. The van der Waals surface area contributed by atoms with Crippen LogP contribution in [-0.4, -0.2) is 39.5 Å². The maximum absolute atomic E-state index is 12.7. The predicted molar refractivity (Wildman–Crippen MR) is 131 cm³/mol. The van der Waals surface area contributed by atoms with Crippen LogP contribution in [0.5, 0.6) is 5.75 Å². The third-order valence-electron chi connectivity index (χ3n) is 5.16. The van der Waals surface area contributed by atoms with Crippen molar-refractivity contribution in [1.82, 2.24) is 0 Å². The molecule has 36 heavy (non-hydrogen) atoms. The Balaban J connectivity index is 1.96. The number of carboxylic acids is 1. The highest BCUT2D eigenvalue weighted by atomic mass is 16.4. The molecular weight excluding hydrogens is 464 g/mol. The second kappa shape index (κ2) is 10.3. The van der Waals surface area contributed by atoms with Gasteiger partial charge < -0.3 is 20.8 Å². The number of carboxylic acid groups (broad SMARTS) is 1. The van der Waals surface area contributed by atoms with E-state index in [2.05, 4.69) is 10.6 Å². The fourth-order valence-corrected chi connectivity index (χ4v) is 3.46. The van der Waals surface area contributed by atoms with Gasteiger partial charge in [-0.25, -0.2) is 4.79 Å². The summed E-state index contributed by atoms with van der Waals surface area (Å²) in [5.41, 5.74) is 0.230. The van der Waals surface area contributed by atoms with Gasteiger partial charge >= 0.3 is 5.97 Å². The molecule has 3 aromatic carbocycles. The molecule has 0 saturated carbocycles. The second-order valence-corrected chi connectivity index (χ2v) is 7.74. The van der Waals surface area contributed by atoms with Gasteiger partial charge in [-0.1, -0.05) is 12.1 Å². The molecule has 2 amide bonds. The van der Waals surface area contributed by atoms with Crippen molar-refractivity contribution >= 4 is 40.7 Å². The van der Waals surface area contributed by atoms with Crippen LogP contribution < -0.4 is 10.6 Å². The molecule has 0 fully saturated rings. The monoisotopic (exact) mass is 484 g/mol. The quantitative estimate of drug-likeness (QED) is 0.250. The number of hydrogen-bond donors (Lipinski definition) is 5. The summed E-state index contributed by atoms with van der Waals surface area (Å²) in [6, 6.07) is 14.4. The summed E-state index contributed by atoms with van der Waals surface area (Å²) in [6.07, 6.45) is 0. The number of nitrogens with zero attached hydrogens (tertiary/aromatic N) is 1. The van der Waals surface area contributed by atoms with Crippen LogP contribution in [-0.2, 0) is 9.59 Å². The number of phenolic OH excluding ortho intramolecular Hbond substituents is 1. The minimum Gasteiger partial charge on any atom is -0.507 e. The van der Waals surface area contributed by atoms with Gasteiger partial charge in [-0.2, -0.15) is 5.26 Å². The molecule has 0 aliphatic carbocycles. The number of aromatic carboxylic acids is 1. The molecule has 0 atom stereocenters. The molecular formula is C26H20N4O6. The number of nitrogens with one attached hydrogen (secondary N) is 3. The molecule has 0 bridgehead atoms. The number of carbonyl (C=O) groups excluding carboxylic acids is 3. The Hall–Kier alpha value is -5.30. The number of ketones is 1. The fraction of sp³-hybridized carbons (Fsp3) is 0.0769. The number of hydrogen-bond acceptors (Lipinski definition) is 7. The number of amides is 2. The Morgan fingerprint density at radius 1 is 0.889 bits per heavy atom. The average Bonchev–Trinajstić information content (AvgIpc) is 2.83. The van der Waals surface area contributed by atoms with Crippen LogP contribution in [0.2, 0.25) is 0 Å². The number of phenols is 1. The van der Waals surface area contributed by atoms with Crippen LogP contribution in [0.15, 0.2) is 54.6 Å². The van der Waals surface area contributed by atoms with Gasteiger partial charge in [0.2, 0.25) is 5.91 Å². The van der Waals surface area contributed by atoms with Gasteiger partial charge in [0, 0.05) is 23.7 Å². The van der Waals surface area contributed by atoms with Crippen molar-refractivity contribution in [3.05, 3.63) is 76.9 Å². The van der Waals surface area contributed by atoms with E-state index in [4.69, 9.17) is 10.7 Å². The first-order valence-corrected chi connectivity index (χ1v) is 10.5. The Kier molecular flexibility index (Phi) is 7.26. The van der Waals surface area contributed by atoms with E-state index in [0.29, 0.717) is 16.8 Å². The first-order valence-electron chi connectivity index (χ1n) is 10.5. The average molecular weight is 484 g/mol. The molecule has 5 N–H and O–H groups in total. The van der Waals surface area contributed by atoms with E-state index in [0.717, 1.165) is 6.07 Å². The van der Waals surface area contributed by atoms with Crippen molar-refractivity contribution < 1.29 is 29.4 Å². The molecule has 3 aromatic rings. The lowest BCUT2D eigenvalue weighted by Gasteiger charge is -2.14. The zero-order valence-corrected chi connectivity index (χ0v) is 19.2. The van der Waals surface area contributed by atoms with Crippen LogP contribution in [0.4, 0.5) is 11.4 Å². The van der Waals surface area contributed by atoms with Gasteiger partial charge in [0.1, 0.15) is 11.5 Å². The highest BCUT2D eigenvalue weighted by Gasteiger charge is 2.22. The van der Waals surface area contributed by atoms with Gasteiger partial charge in [-0.15, -0.1) is 0 Å². The predicted octanol–water partition coefficient (Wildman–Crippen LogP) is 3.80. The third kappa shape index (κ3) is 5.43. The molecule has 0 aromatic heterocycles. The maximum atomic E-state index is 12.7. The van der Waals surface area contributed by atoms with Crippen molar-refractivity contribution in [1.29, 1.82) is 10.7 Å². The molecule has 0 unspecified atom stereocenters. The number of nitriles is 1. The topological polar surface area (TPSA) is 180 Å². The standard InChI is InChI=1S/C26H20N4O6/c1-13(31)18-10-21(23(33)11-19(18)16-4-6-17(7-5-16)29-14(2)32)24(28)25(34)30-22-8-3-15(12-27)9-20(22)26(35)36/h3-11,28,33H,1-2H3,(H,29,32)(H,30,34)(H,35,36). The van der Waals surface area contributed by atoms with Gasteiger partial charge in [-0.3, -0.25) is 19.8 Å². The van der Waals surface area contributed by atoms with Crippen molar-refractivity contribution in [3.63, 3.8) is 0 Å². The minimum absolute atomic E-state index is 0.0740. The molecule has 180 valence electrons. The van der Waals surface area contributed by atoms with Gasteiger partial charge in [0.15, 0.2) is 5.78 Å². The largest absolute Gasteiger partial charge is 0.507 e. The summed E-state index contributed by atoms with van der Waals surface area (Å²) in [5, 5.41) is 42.2. The lowest BCUT2D eigenvalue weighted by molar-refractivity contribution is -0.114. The number of carbonyl (C=O) groups is 4. The van der Waals surface area contributed by atoms with Crippen LogP contribution in [0.25, 0.3) is 11.1 Å². The van der Waals surface area contributed by atoms with Crippen molar-refractivity contribution in [2.75, 3.05) is 10.6 Å². The van der Waals surface area contributed by atoms with Crippen molar-refractivity contribution in [3.8, 4) is 22.9 Å². The van der Waals surface area contributed by atoms with Crippen LogP contribution in [0, 0.1) is 16.7 Å². The summed E-state index contributed by atoms with van der Waals surface area (Å²) >= 11 is 0. The van der Waals surface area contributed by atoms with E-state index in [1.807, 2.05) is 0 Å². The number of Topliss-reactive ketones (excluding diaryl/α,β-unsaturated/α-hetero) is 1. The highest BCUT2D eigenvalue weighted by molar-refractivity contribution is 6.48. The van der Waals surface area contributed by atoms with Gasteiger partial charge in [-0.05, 0) is 60.5 Å². The Morgan fingerprint density at radius 2 is 1.56 bits per heavy atom. The number of anilines is 2. The molecule has 0 saturated heterocycles. The van der Waals surface area contributed by atoms with E-state index in [1.54, 1.807) is 30.3 Å². The zero-order chi connectivity index (χ0) is 26.6. The molecule has 0 radical (unpaired) electrons. The summed E-state index contributed by atoms with van der Waals surface area (Å²) in [5.74, 6) is -3.49. The lowest BCUT2D eigenvalue weighted by Crippen LogP contribution is -2.24. The van der Waals surface area contributed by atoms with Crippen LogP contribution in [0.1, 0.15) is 45.7 Å². The third-order valence-corrected chi connectivity index (χ3v) is 5.16. The Bertz CT molecular complexity index is 1470. The number of benzene rings is 3. The minimum atomic E-state index is -1.38. The molecule has 0 spiro atoms. The van der Waals surface area contributed by atoms with Crippen LogP contribution in [0.3, 0.4) is 0 Å². The zero-order valence-electron chi connectivity index (χ0n) is 19.2. The van der Waals surface area contributed by atoms with Crippen molar-refractivity contribution in [2.24, 2.45) is 0 Å². The SMILES string of the molecule is CC(=O)Nc1ccc(-c2cc(O)c(C(=N)C(=O)Nc3ccc(C#N)cc3C(=O)O)cc2C(C)=O)cc1. The second-order valence-electron chi connectivity index (χ2n) is 7.74. The molecule has 0 heterocycles. The first-order chi connectivity index (χ1) is 17.0. The lowest BCUT2D eigenvalue weighted by atomic mass is 9.93. The highest BCUT2D eigenvalue weighted by Crippen LogP contribution is 2.32. The molecule has 0 aliphatic heterocycles. The van der Waals surface area contributed by atoms with Gasteiger partial charge in [0.25, 0.3) is 5.91 Å². The molecule has 10 heteroatoms. The summed E-state index contributed by atoms with van der Waals surface area (Å²) in [7, 11) is 0. The molecule has 0 aliphatic rings. The normalized spacial score (nSPS) is 10.1. The number of aromatic hydroxyl groups is 1. The van der Waals surface area contributed by atoms with E-state index in [-0.39, 0.29) is 39.6 Å². The van der Waals surface area contributed by atoms with E-state index in [1.165, 1.54) is 38.1 Å². The fourth-order valence-electron chi connectivity index (χ4n) is 3.46.